The normalized spacial score (nSPS) is 11.1. The van der Waals surface area contributed by atoms with Gasteiger partial charge in [-0.25, -0.2) is 0 Å². The van der Waals surface area contributed by atoms with E-state index in [0.29, 0.717) is 16.7 Å². The Morgan fingerprint density at radius 3 is 1.46 bits per heavy atom. The molecule has 2 heterocycles. The molecule has 0 fully saturated rings. The van der Waals surface area contributed by atoms with Crippen molar-refractivity contribution >= 4 is 43.6 Å². The van der Waals surface area contributed by atoms with E-state index in [-0.39, 0.29) is 0 Å². The van der Waals surface area contributed by atoms with Crippen LogP contribution < -0.4 is 0 Å². The minimum Gasteiger partial charge on any atom is -0.309 e. The third-order valence-corrected chi connectivity index (χ3v) is 9.62. The highest BCUT2D eigenvalue weighted by molar-refractivity contribution is 6.11. The van der Waals surface area contributed by atoms with Gasteiger partial charge in [0.05, 0.1) is 62.7 Å². The van der Waals surface area contributed by atoms with Crippen molar-refractivity contribution in [2.45, 2.75) is 0 Å². The van der Waals surface area contributed by atoms with Gasteiger partial charge in [-0.1, -0.05) is 72.8 Å². The summed E-state index contributed by atoms with van der Waals surface area (Å²) in [4.78, 5) is 0. The number of rotatable bonds is 4. The first-order chi connectivity index (χ1) is 24.7. The van der Waals surface area contributed by atoms with Crippen molar-refractivity contribution in [2.24, 2.45) is 0 Å². The Balaban J connectivity index is 1.23. The molecule has 0 saturated heterocycles. The van der Waals surface area contributed by atoms with Gasteiger partial charge < -0.3 is 9.13 Å². The number of nitrogens with zero attached hydrogens (tertiary/aromatic N) is 5. The fourth-order valence-electron chi connectivity index (χ4n) is 7.40. The third-order valence-electron chi connectivity index (χ3n) is 9.62. The molecule has 9 aromatic rings. The average Bonchev–Trinajstić information content (AvgIpc) is 3.69. The van der Waals surface area contributed by atoms with Gasteiger partial charge in [0.25, 0.3) is 0 Å². The molecule has 0 unspecified atom stereocenters. The molecule has 0 saturated carbocycles. The van der Waals surface area contributed by atoms with Gasteiger partial charge in [0.1, 0.15) is 0 Å². The average molecular weight is 636 g/mol. The summed E-state index contributed by atoms with van der Waals surface area (Å²) in [5.41, 5.74) is 11.9. The number of nitriles is 3. The summed E-state index contributed by atoms with van der Waals surface area (Å²) in [6.07, 6.45) is 0. The number of hydrogen-bond donors (Lipinski definition) is 0. The lowest BCUT2D eigenvalue weighted by atomic mass is 9.91. The van der Waals surface area contributed by atoms with Gasteiger partial charge in [-0.05, 0) is 95.6 Å². The quantitative estimate of drug-likeness (QED) is 0.193. The van der Waals surface area contributed by atoms with Crippen LogP contribution in [0.4, 0.5) is 0 Å². The van der Waals surface area contributed by atoms with E-state index >= 15 is 0 Å². The van der Waals surface area contributed by atoms with Gasteiger partial charge in [-0.2, -0.15) is 15.8 Å². The van der Waals surface area contributed by atoms with Crippen LogP contribution in [0.1, 0.15) is 16.7 Å². The second-order valence-electron chi connectivity index (χ2n) is 12.3. The Morgan fingerprint density at radius 1 is 0.360 bits per heavy atom. The Labute approximate surface area is 287 Å². The van der Waals surface area contributed by atoms with Gasteiger partial charge in [0, 0.05) is 32.8 Å². The lowest BCUT2D eigenvalue weighted by Gasteiger charge is -2.17. The molecule has 7 aromatic carbocycles. The van der Waals surface area contributed by atoms with Crippen LogP contribution in [-0.2, 0) is 0 Å². The van der Waals surface area contributed by atoms with Crippen LogP contribution in [-0.4, -0.2) is 9.13 Å². The second kappa shape index (κ2) is 11.4. The van der Waals surface area contributed by atoms with Crippen molar-refractivity contribution in [3.8, 4) is 51.8 Å². The molecule has 230 valence electrons. The molecule has 0 radical (unpaired) electrons. The molecule has 0 aliphatic carbocycles. The first kappa shape index (κ1) is 28.8. The van der Waals surface area contributed by atoms with Crippen LogP contribution in [0.25, 0.3) is 77.2 Å². The van der Waals surface area contributed by atoms with Crippen LogP contribution in [0.15, 0.2) is 152 Å². The van der Waals surface area contributed by atoms with Crippen molar-refractivity contribution in [2.75, 3.05) is 0 Å². The zero-order valence-electron chi connectivity index (χ0n) is 26.7. The van der Waals surface area contributed by atoms with Gasteiger partial charge in [-0.3, -0.25) is 0 Å². The van der Waals surface area contributed by atoms with Gasteiger partial charge in [-0.15, -0.1) is 0 Å². The lowest BCUT2D eigenvalue weighted by Crippen LogP contribution is -1.98. The number of fused-ring (bicyclic) bond motifs is 6. The maximum atomic E-state index is 9.99. The molecule has 50 heavy (non-hydrogen) atoms. The largest absolute Gasteiger partial charge is 0.309 e. The molecule has 0 atom stereocenters. The maximum Gasteiger partial charge on any atom is 0.0991 e. The van der Waals surface area contributed by atoms with Crippen molar-refractivity contribution in [1.29, 1.82) is 15.8 Å². The summed E-state index contributed by atoms with van der Waals surface area (Å²) in [6.45, 7) is 0. The second-order valence-corrected chi connectivity index (χ2v) is 12.3. The fourth-order valence-corrected chi connectivity index (χ4v) is 7.40. The van der Waals surface area contributed by atoms with Crippen molar-refractivity contribution in [3.05, 3.63) is 168 Å². The predicted octanol–water partition coefficient (Wildman–Crippen LogP) is 10.8. The number of para-hydroxylation sites is 3. The van der Waals surface area contributed by atoms with E-state index in [4.69, 9.17) is 0 Å². The Hall–Kier alpha value is -7.39. The SMILES string of the molecule is N#Cc1ccc(-c2ccc(-n3c4ccc(C#N)cc4c4cc(C#N)ccc43)cc2)c(-c2ccccc2-n2c3ccccc3c3ccccc32)c1. The zero-order chi connectivity index (χ0) is 33.8. The molecular formula is C45H25N5. The molecule has 2 aromatic heterocycles. The van der Waals surface area contributed by atoms with Crippen molar-refractivity contribution in [1.82, 2.24) is 9.13 Å². The molecule has 0 aliphatic rings. The highest BCUT2D eigenvalue weighted by Crippen LogP contribution is 2.41. The predicted molar refractivity (Wildman–Crippen MR) is 200 cm³/mol. The fraction of sp³-hybridized carbons (Fsp3) is 0. The Morgan fingerprint density at radius 2 is 0.860 bits per heavy atom. The highest BCUT2D eigenvalue weighted by atomic mass is 15.0. The zero-order valence-corrected chi connectivity index (χ0v) is 26.7. The monoisotopic (exact) mass is 635 g/mol. The van der Waals surface area contributed by atoms with E-state index in [2.05, 4.69) is 124 Å². The molecule has 0 N–H and O–H groups in total. The number of aromatic nitrogens is 2. The summed E-state index contributed by atoms with van der Waals surface area (Å²) in [7, 11) is 0. The molecule has 5 nitrogen and oxygen atoms in total. The van der Waals surface area contributed by atoms with Crippen molar-refractivity contribution < 1.29 is 0 Å². The molecule has 5 heteroatoms. The molecule has 0 bridgehead atoms. The molecule has 0 amide bonds. The molecule has 0 aliphatic heterocycles. The van der Waals surface area contributed by atoms with Crippen LogP contribution in [0.2, 0.25) is 0 Å². The summed E-state index contributed by atoms with van der Waals surface area (Å²) >= 11 is 0. The summed E-state index contributed by atoms with van der Waals surface area (Å²) in [5.74, 6) is 0. The summed E-state index contributed by atoms with van der Waals surface area (Å²) in [5, 5.41) is 33.4. The van der Waals surface area contributed by atoms with E-state index in [1.54, 1.807) is 0 Å². The van der Waals surface area contributed by atoms with E-state index in [9.17, 15) is 15.8 Å². The van der Waals surface area contributed by atoms with Crippen LogP contribution in [0.3, 0.4) is 0 Å². The third kappa shape index (κ3) is 4.38. The number of benzene rings is 7. The topological polar surface area (TPSA) is 81.2 Å². The lowest BCUT2D eigenvalue weighted by molar-refractivity contribution is 1.18. The highest BCUT2D eigenvalue weighted by Gasteiger charge is 2.19. The van der Waals surface area contributed by atoms with Gasteiger partial charge in [0.2, 0.25) is 0 Å². The van der Waals surface area contributed by atoms with E-state index in [1.807, 2.05) is 54.6 Å². The van der Waals surface area contributed by atoms with Gasteiger partial charge in [0.15, 0.2) is 0 Å². The van der Waals surface area contributed by atoms with E-state index in [1.165, 1.54) is 10.8 Å². The number of hydrogen-bond acceptors (Lipinski definition) is 3. The first-order valence-electron chi connectivity index (χ1n) is 16.3. The van der Waals surface area contributed by atoms with E-state index < -0.39 is 0 Å². The first-order valence-corrected chi connectivity index (χ1v) is 16.3. The van der Waals surface area contributed by atoms with Crippen LogP contribution in [0.5, 0.6) is 0 Å². The smallest absolute Gasteiger partial charge is 0.0991 e. The van der Waals surface area contributed by atoms with Gasteiger partial charge >= 0.3 is 0 Å². The minimum atomic E-state index is 0.573. The standard InChI is InChI=1S/C45H25N5/c46-26-29-13-20-34(38(23-29)37-9-3-6-12-43(37)50-41-10-4-1-7-35(41)36-8-2-5-11-42(36)50)32-16-18-33(19-17-32)49-44-21-14-30(27-47)24-39(44)40-25-31(28-48)15-22-45(40)49/h1-25H. The Kier molecular flexibility index (Phi) is 6.56. The summed E-state index contributed by atoms with van der Waals surface area (Å²) < 4.78 is 4.50. The van der Waals surface area contributed by atoms with E-state index in [0.717, 1.165) is 66.5 Å². The minimum absolute atomic E-state index is 0.573. The Bertz CT molecular complexity index is 2830. The molecular weight excluding hydrogens is 611 g/mol. The molecule has 9 rings (SSSR count). The van der Waals surface area contributed by atoms with Crippen LogP contribution in [0, 0.1) is 34.0 Å². The maximum absolute atomic E-state index is 9.99. The summed E-state index contributed by atoms with van der Waals surface area (Å²) in [6, 6.07) is 58.0. The van der Waals surface area contributed by atoms with Crippen molar-refractivity contribution in [3.63, 3.8) is 0 Å². The molecule has 0 spiro atoms. The van der Waals surface area contributed by atoms with Crippen LogP contribution >= 0.6 is 0 Å².